The lowest BCUT2D eigenvalue weighted by molar-refractivity contribution is -0.133. The molecule has 0 aromatic rings. The van der Waals surface area contributed by atoms with Gasteiger partial charge >= 0.3 is 5.97 Å². The Balaban J connectivity index is 2.82. The van der Waals surface area contributed by atoms with Crippen molar-refractivity contribution in [2.24, 2.45) is 0 Å². The molecule has 3 nitrogen and oxygen atoms in total. The summed E-state index contributed by atoms with van der Waals surface area (Å²) >= 11 is 1.17. The molecule has 7 heavy (non-hydrogen) atoms. The molecule has 0 spiro atoms. The molecule has 0 radical (unpaired) electrons. The van der Waals surface area contributed by atoms with Gasteiger partial charge in [-0.05, 0) is 7.05 Å². The summed E-state index contributed by atoms with van der Waals surface area (Å²) in [5.41, 5.74) is 0. The maximum absolute atomic E-state index is 9.70. The normalized spacial score (nSPS) is 8.71. The fraction of sp³-hybridized carbons (Fsp3) is 0.667. The van der Waals surface area contributed by atoms with Crippen LogP contribution >= 0.6 is 11.9 Å². The summed E-state index contributed by atoms with van der Waals surface area (Å²) in [6.07, 6.45) is 0. The largest absolute Gasteiger partial charge is 0.481 e. The van der Waals surface area contributed by atoms with Gasteiger partial charge in [-0.2, -0.15) is 0 Å². The Kier molecular flexibility index (Phi) is 3.83. The highest BCUT2D eigenvalue weighted by molar-refractivity contribution is 7.98. The molecule has 0 aliphatic carbocycles. The molecule has 0 bridgehead atoms. The Morgan fingerprint density at radius 2 is 2.57 bits per heavy atom. The third kappa shape index (κ3) is 5.78. The molecule has 0 aliphatic rings. The van der Waals surface area contributed by atoms with Gasteiger partial charge in [0.05, 0.1) is 0 Å². The summed E-state index contributed by atoms with van der Waals surface area (Å²) in [5, 5.41) is 7.98. The van der Waals surface area contributed by atoms with E-state index in [9.17, 15) is 4.79 Å². The van der Waals surface area contributed by atoms with Crippen LogP contribution in [0.1, 0.15) is 0 Å². The summed E-state index contributed by atoms with van der Waals surface area (Å²) in [6.45, 7) is 0. The molecule has 2 N–H and O–H groups in total. The molecule has 0 saturated heterocycles. The highest BCUT2D eigenvalue weighted by Gasteiger charge is 1.91. The van der Waals surface area contributed by atoms with Crippen molar-refractivity contribution in [3.63, 3.8) is 0 Å². The molecule has 0 atom stereocenters. The fourth-order valence-corrected chi connectivity index (χ4v) is 0.402. The number of nitrogens with one attached hydrogen (secondary N) is 1. The first-order valence-corrected chi connectivity index (χ1v) is 2.76. The van der Waals surface area contributed by atoms with E-state index in [4.69, 9.17) is 5.11 Å². The van der Waals surface area contributed by atoms with Crippen molar-refractivity contribution in [1.29, 1.82) is 0 Å². The van der Waals surface area contributed by atoms with Crippen LogP contribution in [0.2, 0.25) is 0 Å². The number of carboxylic acids is 1. The summed E-state index contributed by atoms with van der Waals surface area (Å²) < 4.78 is 2.63. The van der Waals surface area contributed by atoms with E-state index in [0.29, 0.717) is 0 Å². The third-order valence-corrected chi connectivity index (χ3v) is 1.02. The van der Waals surface area contributed by atoms with Crippen LogP contribution < -0.4 is 4.72 Å². The summed E-state index contributed by atoms with van der Waals surface area (Å²) in [4.78, 5) is 9.70. The minimum Gasteiger partial charge on any atom is -0.481 e. The minimum atomic E-state index is -0.792. The zero-order valence-electron chi connectivity index (χ0n) is 3.97. The quantitative estimate of drug-likeness (QED) is 0.513. The molecule has 0 unspecified atom stereocenters. The zero-order chi connectivity index (χ0) is 5.70. The second-order valence-corrected chi connectivity index (χ2v) is 1.87. The maximum atomic E-state index is 9.70. The van der Waals surface area contributed by atoms with Crippen molar-refractivity contribution in [3.8, 4) is 0 Å². The first-order valence-electron chi connectivity index (χ1n) is 1.77. The summed E-state index contributed by atoms with van der Waals surface area (Å²) in [7, 11) is 1.69. The molecule has 0 saturated carbocycles. The number of aliphatic carboxylic acids is 1. The van der Waals surface area contributed by atoms with Crippen LogP contribution in [0.25, 0.3) is 0 Å². The van der Waals surface area contributed by atoms with Gasteiger partial charge in [-0.1, -0.05) is 11.9 Å². The van der Waals surface area contributed by atoms with E-state index in [-0.39, 0.29) is 5.75 Å². The molecule has 0 aliphatic heterocycles. The van der Waals surface area contributed by atoms with E-state index >= 15 is 0 Å². The van der Waals surface area contributed by atoms with Crippen LogP contribution in [-0.4, -0.2) is 23.9 Å². The Bertz CT molecular complexity index is 66.0. The monoisotopic (exact) mass is 121 g/mol. The molecule has 0 fully saturated rings. The maximum Gasteiger partial charge on any atom is 0.314 e. The average Bonchev–Trinajstić information content (AvgIpc) is 1.61. The van der Waals surface area contributed by atoms with E-state index in [1.807, 2.05) is 0 Å². The van der Waals surface area contributed by atoms with Crippen molar-refractivity contribution >= 4 is 17.9 Å². The van der Waals surface area contributed by atoms with Gasteiger partial charge in [-0.3, -0.25) is 9.52 Å². The van der Waals surface area contributed by atoms with Crippen molar-refractivity contribution in [1.82, 2.24) is 4.72 Å². The van der Waals surface area contributed by atoms with Gasteiger partial charge in [0.25, 0.3) is 0 Å². The van der Waals surface area contributed by atoms with E-state index in [1.165, 1.54) is 11.9 Å². The van der Waals surface area contributed by atoms with Crippen LogP contribution in [-0.2, 0) is 4.79 Å². The Morgan fingerprint density at radius 3 is 2.71 bits per heavy atom. The van der Waals surface area contributed by atoms with Crippen LogP contribution in [0.15, 0.2) is 0 Å². The van der Waals surface area contributed by atoms with Gasteiger partial charge in [0, 0.05) is 0 Å². The van der Waals surface area contributed by atoms with E-state index < -0.39 is 5.97 Å². The Labute approximate surface area is 46.2 Å². The van der Waals surface area contributed by atoms with E-state index in [2.05, 4.69) is 4.72 Å². The average molecular weight is 121 g/mol. The molecule has 0 aromatic heterocycles. The number of hydrogen-bond acceptors (Lipinski definition) is 3. The van der Waals surface area contributed by atoms with Crippen LogP contribution in [0.4, 0.5) is 0 Å². The lowest BCUT2D eigenvalue weighted by atomic mass is 10.8. The molecule has 0 heterocycles. The minimum absolute atomic E-state index is 0.122. The van der Waals surface area contributed by atoms with Crippen molar-refractivity contribution in [3.05, 3.63) is 0 Å². The number of rotatable bonds is 3. The zero-order valence-corrected chi connectivity index (χ0v) is 4.79. The summed E-state index contributed by atoms with van der Waals surface area (Å²) in [5.74, 6) is -0.671. The SMILES string of the molecule is CNSCC(=O)O. The summed E-state index contributed by atoms with van der Waals surface area (Å²) in [6, 6.07) is 0. The van der Waals surface area contributed by atoms with Gasteiger partial charge in [0.1, 0.15) is 5.75 Å². The molecular weight excluding hydrogens is 114 g/mol. The third-order valence-electron chi connectivity index (χ3n) is 0.340. The highest BCUT2D eigenvalue weighted by atomic mass is 32.2. The van der Waals surface area contributed by atoms with Crippen molar-refractivity contribution in [2.75, 3.05) is 12.8 Å². The fourth-order valence-electron chi connectivity index (χ4n) is 0.134. The van der Waals surface area contributed by atoms with Gasteiger partial charge in [-0.15, -0.1) is 0 Å². The van der Waals surface area contributed by atoms with Gasteiger partial charge < -0.3 is 5.11 Å². The molecule has 42 valence electrons. The van der Waals surface area contributed by atoms with E-state index in [1.54, 1.807) is 7.05 Å². The van der Waals surface area contributed by atoms with Crippen molar-refractivity contribution < 1.29 is 9.90 Å². The molecule has 0 rings (SSSR count). The Morgan fingerprint density at radius 1 is 2.00 bits per heavy atom. The van der Waals surface area contributed by atoms with Crippen LogP contribution in [0, 0.1) is 0 Å². The van der Waals surface area contributed by atoms with Crippen LogP contribution in [0.3, 0.4) is 0 Å². The second kappa shape index (κ2) is 3.95. The van der Waals surface area contributed by atoms with Gasteiger partial charge in [0.2, 0.25) is 0 Å². The standard InChI is InChI=1S/C3H7NO2S/c1-4-7-2-3(5)6/h4H,2H2,1H3,(H,5,6). The second-order valence-electron chi connectivity index (χ2n) is 0.887. The number of carboxylic acid groups (broad SMARTS) is 1. The van der Waals surface area contributed by atoms with Crippen molar-refractivity contribution in [2.45, 2.75) is 0 Å². The molecular formula is C3H7NO2S. The highest BCUT2D eigenvalue weighted by Crippen LogP contribution is 1.86. The first kappa shape index (κ1) is 6.78. The molecule has 0 aromatic carbocycles. The van der Waals surface area contributed by atoms with E-state index in [0.717, 1.165) is 0 Å². The predicted molar refractivity (Wildman–Crippen MR) is 29.2 cm³/mol. The lowest BCUT2D eigenvalue weighted by Gasteiger charge is -1.88. The number of hydrogen-bond donors (Lipinski definition) is 2. The van der Waals surface area contributed by atoms with Gasteiger partial charge in [-0.25, -0.2) is 0 Å². The molecule has 4 heteroatoms. The lowest BCUT2D eigenvalue weighted by Crippen LogP contribution is -2.03. The Hall–Kier alpha value is -0.220. The first-order chi connectivity index (χ1) is 3.27. The van der Waals surface area contributed by atoms with Gasteiger partial charge in [0.15, 0.2) is 0 Å². The topological polar surface area (TPSA) is 49.3 Å². The molecule has 0 amide bonds. The number of carbonyl (C=O) groups is 1. The predicted octanol–water partition coefficient (Wildman–Crippen LogP) is -0.0614. The van der Waals surface area contributed by atoms with Crippen LogP contribution in [0.5, 0.6) is 0 Å². The smallest absolute Gasteiger partial charge is 0.314 e.